The molecule has 0 saturated carbocycles. The van der Waals surface area contributed by atoms with Crippen LogP contribution in [0.15, 0.2) is 12.1 Å². The molecule has 1 atom stereocenters. The van der Waals surface area contributed by atoms with Gasteiger partial charge in [-0.2, -0.15) is 0 Å². The summed E-state index contributed by atoms with van der Waals surface area (Å²) in [4.78, 5) is 27.9. The summed E-state index contributed by atoms with van der Waals surface area (Å²) >= 11 is 1.51. The predicted octanol–water partition coefficient (Wildman–Crippen LogP) is 1.37. The van der Waals surface area contributed by atoms with Crippen LogP contribution in [0, 0.1) is 12.8 Å². The van der Waals surface area contributed by atoms with Crippen molar-refractivity contribution in [3.8, 4) is 0 Å². The molecule has 1 unspecified atom stereocenters. The molecule has 3 N–H and O–H groups in total. The Morgan fingerprint density at radius 2 is 2.10 bits per heavy atom. The van der Waals surface area contributed by atoms with Crippen molar-refractivity contribution in [1.29, 1.82) is 0 Å². The second-order valence-corrected chi connectivity index (χ2v) is 6.91. The lowest BCUT2D eigenvalue weighted by Gasteiger charge is -2.33. The Morgan fingerprint density at radius 1 is 1.43 bits per heavy atom. The zero-order valence-electron chi connectivity index (χ0n) is 12.6. The molecule has 1 aliphatic heterocycles. The van der Waals surface area contributed by atoms with Gasteiger partial charge in [0.15, 0.2) is 0 Å². The van der Waals surface area contributed by atoms with E-state index < -0.39 is 0 Å². The highest BCUT2D eigenvalue weighted by atomic mass is 32.1. The van der Waals surface area contributed by atoms with Crippen molar-refractivity contribution in [2.75, 3.05) is 19.6 Å². The Hall–Kier alpha value is -1.40. The van der Waals surface area contributed by atoms with Crippen LogP contribution in [0.5, 0.6) is 0 Å². The Labute approximate surface area is 129 Å². The molecule has 6 heteroatoms. The first kappa shape index (κ1) is 16.0. The highest BCUT2D eigenvalue weighted by Gasteiger charge is 2.26. The summed E-state index contributed by atoms with van der Waals surface area (Å²) in [5.74, 6) is -0.00500. The molecule has 1 saturated heterocycles. The minimum Gasteiger partial charge on any atom is -0.348 e. The average molecular weight is 309 g/mol. The van der Waals surface area contributed by atoms with Gasteiger partial charge in [-0.25, -0.2) is 0 Å². The van der Waals surface area contributed by atoms with E-state index in [0.29, 0.717) is 19.6 Å². The van der Waals surface area contributed by atoms with Gasteiger partial charge in [0, 0.05) is 36.5 Å². The van der Waals surface area contributed by atoms with E-state index in [0.717, 1.165) is 22.6 Å². The summed E-state index contributed by atoms with van der Waals surface area (Å²) in [5.41, 5.74) is 5.54. The van der Waals surface area contributed by atoms with Gasteiger partial charge in [0.2, 0.25) is 5.91 Å². The van der Waals surface area contributed by atoms with E-state index >= 15 is 0 Å². The maximum absolute atomic E-state index is 12.1. The summed E-state index contributed by atoms with van der Waals surface area (Å²) in [6.45, 7) is 5.61. The highest BCUT2D eigenvalue weighted by molar-refractivity contribution is 7.13. The lowest BCUT2D eigenvalue weighted by atomic mass is 10.0. The molecular formula is C15H23N3O2S. The fourth-order valence-electron chi connectivity index (χ4n) is 2.47. The van der Waals surface area contributed by atoms with Gasteiger partial charge >= 0.3 is 0 Å². The van der Waals surface area contributed by atoms with E-state index in [1.165, 1.54) is 11.3 Å². The monoisotopic (exact) mass is 309 g/mol. The van der Waals surface area contributed by atoms with Gasteiger partial charge in [-0.1, -0.05) is 6.92 Å². The van der Waals surface area contributed by atoms with Gasteiger partial charge in [-0.05, 0) is 31.9 Å². The zero-order valence-corrected chi connectivity index (χ0v) is 13.4. The smallest absolute Gasteiger partial charge is 0.261 e. The summed E-state index contributed by atoms with van der Waals surface area (Å²) < 4.78 is 0. The number of nitrogens with one attached hydrogen (secondary N) is 1. The number of nitrogens with zero attached hydrogens (tertiary/aromatic N) is 1. The first-order valence-corrected chi connectivity index (χ1v) is 8.19. The molecule has 21 heavy (non-hydrogen) atoms. The van der Waals surface area contributed by atoms with Crippen LogP contribution in [0.4, 0.5) is 0 Å². The topological polar surface area (TPSA) is 75.4 Å². The Balaban J connectivity index is 1.81. The van der Waals surface area contributed by atoms with Gasteiger partial charge in [0.1, 0.15) is 0 Å². The zero-order chi connectivity index (χ0) is 15.4. The summed E-state index contributed by atoms with van der Waals surface area (Å²) in [6, 6.07) is 3.96. The normalized spacial score (nSPS) is 17.6. The number of amides is 2. The molecule has 1 aliphatic rings. The van der Waals surface area contributed by atoms with Crippen LogP contribution >= 0.6 is 11.3 Å². The molecule has 116 valence electrons. The summed E-state index contributed by atoms with van der Waals surface area (Å²) in [7, 11) is 0. The molecule has 0 aliphatic carbocycles. The maximum Gasteiger partial charge on any atom is 0.261 e. The molecule has 0 bridgehead atoms. The van der Waals surface area contributed by atoms with Crippen molar-refractivity contribution < 1.29 is 9.59 Å². The molecule has 0 radical (unpaired) electrons. The molecular weight excluding hydrogens is 286 g/mol. The first-order chi connectivity index (χ1) is 10.0. The van der Waals surface area contributed by atoms with Gasteiger partial charge in [-0.3, -0.25) is 9.59 Å². The van der Waals surface area contributed by atoms with Crippen LogP contribution < -0.4 is 11.1 Å². The molecule has 0 aromatic carbocycles. The van der Waals surface area contributed by atoms with Gasteiger partial charge < -0.3 is 16.0 Å². The third-order valence-corrected chi connectivity index (χ3v) is 4.88. The third-order valence-electron chi connectivity index (χ3n) is 3.88. The highest BCUT2D eigenvalue weighted by Crippen LogP contribution is 2.17. The van der Waals surface area contributed by atoms with Gasteiger partial charge in [0.25, 0.3) is 5.91 Å². The number of likely N-dealkylation sites (tertiary alicyclic amines) is 1. The molecule has 1 aromatic heterocycles. The van der Waals surface area contributed by atoms with Crippen LogP contribution in [0.3, 0.4) is 0 Å². The van der Waals surface area contributed by atoms with E-state index in [1.54, 1.807) is 0 Å². The Kier molecular flexibility index (Phi) is 5.36. The second-order valence-electron chi connectivity index (χ2n) is 5.62. The number of aryl methyl sites for hydroxylation is 1. The lowest BCUT2D eigenvalue weighted by molar-refractivity contribution is -0.135. The standard InChI is InChI=1S/C15H23N3O2S/c1-10(9-16)15(20)18-7-5-12(6-8-18)17-14(19)13-4-3-11(2)21-13/h3-4,10,12H,5-9,16H2,1-2H3,(H,17,19). The number of hydrogen-bond donors (Lipinski definition) is 2. The summed E-state index contributed by atoms with van der Waals surface area (Å²) in [6.07, 6.45) is 1.61. The largest absolute Gasteiger partial charge is 0.348 e. The van der Waals surface area contributed by atoms with Gasteiger partial charge in [-0.15, -0.1) is 11.3 Å². The predicted molar refractivity (Wildman–Crippen MR) is 84.3 cm³/mol. The van der Waals surface area contributed by atoms with Crippen molar-refractivity contribution in [2.45, 2.75) is 32.7 Å². The van der Waals surface area contributed by atoms with E-state index in [1.807, 2.05) is 30.9 Å². The van der Waals surface area contributed by atoms with Crippen LogP contribution in [0.25, 0.3) is 0 Å². The Bertz CT molecular complexity index is 507. The van der Waals surface area contributed by atoms with Crippen LogP contribution in [0.1, 0.15) is 34.3 Å². The molecule has 1 aromatic rings. The fourth-order valence-corrected chi connectivity index (χ4v) is 3.24. The van der Waals surface area contributed by atoms with Crippen molar-refractivity contribution in [3.63, 3.8) is 0 Å². The maximum atomic E-state index is 12.1. The van der Waals surface area contributed by atoms with E-state index in [9.17, 15) is 9.59 Å². The van der Waals surface area contributed by atoms with Crippen molar-refractivity contribution in [3.05, 3.63) is 21.9 Å². The minimum absolute atomic E-state index is 0.00629. The van der Waals surface area contributed by atoms with Crippen molar-refractivity contribution in [1.82, 2.24) is 10.2 Å². The number of thiophene rings is 1. The van der Waals surface area contributed by atoms with E-state index in [-0.39, 0.29) is 23.8 Å². The quantitative estimate of drug-likeness (QED) is 0.882. The van der Waals surface area contributed by atoms with Crippen LogP contribution in [0.2, 0.25) is 0 Å². The van der Waals surface area contributed by atoms with Gasteiger partial charge in [0.05, 0.1) is 4.88 Å². The van der Waals surface area contributed by atoms with Crippen molar-refractivity contribution in [2.24, 2.45) is 11.7 Å². The SMILES string of the molecule is Cc1ccc(C(=O)NC2CCN(C(=O)C(C)CN)CC2)s1. The molecule has 2 heterocycles. The lowest BCUT2D eigenvalue weighted by Crippen LogP contribution is -2.48. The minimum atomic E-state index is -0.120. The molecule has 2 rings (SSSR count). The van der Waals surface area contributed by atoms with E-state index in [4.69, 9.17) is 5.73 Å². The van der Waals surface area contributed by atoms with E-state index in [2.05, 4.69) is 5.32 Å². The number of carbonyl (C=O) groups is 2. The Morgan fingerprint density at radius 3 is 2.62 bits per heavy atom. The first-order valence-electron chi connectivity index (χ1n) is 7.37. The number of rotatable bonds is 4. The number of carbonyl (C=O) groups excluding carboxylic acids is 2. The van der Waals surface area contributed by atoms with Crippen LogP contribution in [-0.2, 0) is 4.79 Å². The fraction of sp³-hybridized carbons (Fsp3) is 0.600. The summed E-state index contributed by atoms with van der Waals surface area (Å²) in [5, 5.41) is 3.06. The number of piperidine rings is 1. The molecule has 5 nitrogen and oxygen atoms in total. The average Bonchev–Trinajstić information content (AvgIpc) is 2.93. The number of nitrogens with two attached hydrogens (primary N) is 1. The third kappa shape index (κ3) is 4.04. The molecule has 1 fully saturated rings. The van der Waals surface area contributed by atoms with Crippen LogP contribution in [-0.4, -0.2) is 42.4 Å². The number of hydrogen-bond acceptors (Lipinski definition) is 4. The molecule has 2 amide bonds. The van der Waals surface area contributed by atoms with Crippen molar-refractivity contribution >= 4 is 23.2 Å². The molecule has 0 spiro atoms. The second kappa shape index (κ2) is 7.04.